The summed E-state index contributed by atoms with van der Waals surface area (Å²) in [6, 6.07) is 13.0. The standard InChI is InChI=1S/C23H31FN6O.HI/c1-25-23(30-11-9-29(10-12-30)22-7-2-3-8-26-22)27-18-21(28-13-15-31-16-14-28)19-5-4-6-20(24)17-19;/h2-8,17,21H,9-16,18H2,1H3,(H,25,27);1H. The van der Waals surface area contributed by atoms with Gasteiger partial charge in [-0.15, -0.1) is 24.0 Å². The molecule has 0 aliphatic carbocycles. The zero-order chi connectivity index (χ0) is 21.5. The van der Waals surface area contributed by atoms with Crippen LogP contribution in [0.4, 0.5) is 10.2 Å². The maximum atomic E-state index is 13.9. The first-order chi connectivity index (χ1) is 15.2. The Morgan fingerprint density at radius 2 is 1.88 bits per heavy atom. The summed E-state index contributed by atoms with van der Waals surface area (Å²) < 4.78 is 19.4. The van der Waals surface area contributed by atoms with Crippen molar-refractivity contribution in [2.75, 3.05) is 71.0 Å². The molecule has 1 N–H and O–H groups in total. The van der Waals surface area contributed by atoms with Crippen LogP contribution in [-0.2, 0) is 4.74 Å². The number of nitrogens with one attached hydrogen (secondary N) is 1. The molecule has 7 nitrogen and oxygen atoms in total. The molecule has 1 atom stereocenters. The van der Waals surface area contributed by atoms with Crippen molar-refractivity contribution in [3.05, 3.63) is 60.0 Å². The Kier molecular flexibility index (Phi) is 9.49. The maximum absolute atomic E-state index is 13.9. The van der Waals surface area contributed by atoms with E-state index >= 15 is 0 Å². The number of aromatic nitrogens is 1. The van der Waals surface area contributed by atoms with Crippen molar-refractivity contribution in [1.29, 1.82) is 0 Å². The first-order valence-electron chi connectivity index (χ1n) is 10.9. The van der Waals surface area contributed by atoms with E-state index in [9.17, 15) is 4.39 Å². The molecule has 1 aromatic carbocycles. The Bertz CT molecular complexity index is 857. The normalized spacial score (nSPS) is 18.8. The van der Waals surface area contributed by atoms with Gasteiger partial charge in [0.2, 0.25) is 0 Å². The van der Waals surface area contributed by atoms with E-state index in [-0.39, 0.29) is 35.8 Å². The summed E-state index contributed by atoms with van der Waals surface area (Å²) in [5.74, 6) is 1.70. The lowest BCUT2D eigenvalue weighted by atomic mass is 10.0. The fraction of sp³-hybridized carbons (Fsp3) is 0.478. The molecule has 0 bridgehead atoms. The van der Waals surface area contributed by atoms with Crippen molar-refractivity contribution in [3.63, 3.8) is 0 Å². The van der Waals surface area contributed by atoms with Crippen LogP contribution in [0.1, 0.15) is 11.6 Å². The number of anilines is 1. The molecule has 32 heavy (non-hydrogen) atoms. The zero-order valence-electron chi connectivity index (χ0n) is 18.5. The van der Waals surface area contributed by atoms with Crippen LogP contribution in [-0.4, -0.2) is 86.8 Å². The van der Waals surface area contributed by atoms with Crippen LogP contribution in [0.15, 0.2) is 53.7 Å². The highest BCUT2D eigenvalue weighted by Crippen LogP contribution is 2.22. The molecule has 0 saturated carbocycles. The fourth-order valence-electron chi connectivity index (χ4n) is 4.27. The van der Waals surface area contributed by atoms with E-state index in [1.165, 1.54) is 6.07 Å². The van der Waals surface area contributed by atoms with Gasteiger partial charge in [-0.2, -0.15) is 0 Å². The molecule has 0 radical (unpaired) electrons. The number of hydrogen-bond donors (Lipinski definition) is 1. The van der Waals surface area contributed by atoms with E-state index in [0.29, 0.717) is 19.8 Å². The summed E-state index contributed by atoms with van der Waals surface area (Å²) in [5, 5.41) is 3.55. The number of benzene rings is 1. The van der Waals surface area contributed by atoms with E-state index < -0.39 is 0 Å². The SMILES string of the molecule is CN=C(NCC(c1cccc(F)c1)N1CCOCC1)N1CCN(c2ccccn2)CC1.I. The van der Waals surface area contributed by atoms with Crippen LogP contribution in [0.25, 0.3) is 0 Å². The minimum Gasteiger partial charge on any atom is -0.379 e. The van der Waals surface area contributed by atoms with Crippen molar-refractivity contribution in [2.24, 2.45) is 4.99 Å². The lowest BCUT2D eigenvalue weighted by Crippen LogP contribution is -2.54. The van der Waals surface area contributed by atoms with E-state index in [2.05, 4.69) is 36.1 Å². The Labute approximate surface area is 206 Å². The minimum atomic E-state index is -0.203. The molecule has 2 aliphatic heterocycles. The summed E-state index contributed by atoms with van der Waals surface area (Å²) in [4.78, 5) is 15.9. The summed E-state index contributed by atoms with van der Waals surface area (Å²) >= 11 is 0. The maximum Gasteiger partial charge on any atom is 0.193 e. The second-order valence-corrected chi connectivity index (χ2v) is 7.81. The van der Waals surface area contributed by atoms with Crippen LogP contribution in [0, 0.1) is 5.82 Å². The molecule has 3 heterocycles. The highest BCUT2D eigenvalue weighted by Gasteiger charge is 2.25. The third-order valence-corrected chi connectivity index (χ3v) is 5.94. The van der Waals surface area contributed by atoms with Crippen LogP contribution in [0.3, 0.4) is 0 Å². The van der Waals surface area contributed by atoms with Crippen LogP contribution in [0.2, 0.25) is 0 Å². The summed E-state index contributed by atoms with van der Waals surface area (Å²) in [7, 11) is 1.82. The van der Waals surface area contributed by atoms with Gasteiger partial charge in [0.05, 0.1) is 19.3 Å². The number of piperazine rings is 1. The molecule has 174 valence electrons. The van der Waals surface area contributed by atoms with E-state index in [1.807, 2.05) is 31.4 Å². The number of guanidine groups is 1. The summed E-state index contributed by atoms with van der Waals surface area (Å²) in [5.41, 5.74) is 0.977. The largest absolute Gasteiger partial charge is 0.379 e. The third-order valence-electron chi connectivity index (χ3n) is 5.94. The number of pyridine rings is 1. The lowest BCUT2D eigenvalue weighted by molar-refractivity contribution is 0.0168. The Morgan fingerprint density at radius 3 is 2.53 bits per heavy atom. The number of aliphatic imine (C=N–C) groups is 1. The van der Waals surface area contributed by atoms with E-state index in [1.54, 1.807) is 12.1 Å². The number of rotatable bonds is 5. The van der Waals surface area contributed by atoms with Gasteiger partial charge >= 0.3 is 0 Å². The van der Waals surface area contributed by atoms with Crippen LogP contribution in [0.5, 0.6) is 0 Å². The average molecular weight is 554 g/mol. The van der Waals surface area contributed by atoms with Gasteiger partial charge in [-0.3, -0.25) is 9.89 Å². The molecule has 1 unspecified atom stereocenters. The molecule has 9 heteroatoms. The monoisotopic (exact) mass is 554 g/mol. The number of ether oxygens (including phenoxy) is 1. The Balaban J connectivity index is 0.00000289. The Hall–Kier alpha value is -1.98. The molecule has 0 spiro atoms. The average Bonchev–Trinajstić information content (AvgIpc) is 2.83. The fourth-order valence-corrected chi connectivity index (χ4v) is 4.27. The molecule has 2 saturated heterocycles. The lowest BCUT2D eigenvalue weighted by Gasteiger charge is -2.39. The highest BCUT2D eigenvalue weighted by atomic mass is 127. The van der Waals surface area contributed by atoms with E-state index in [0.717, 1.165) is 56.6 Å². The van der Waals surface area contributed by atoms with Gasteiger partial charge in [0.15, 0.2) is 5.96 Å². The third kappa shape index (κ3) is 6.29. The number of nitrogens with zero attached hydrogens (tertiary/aromatic N) is 5. The molecule has 0 amide bonds. The molecule has 2 aliphatic rings. The quantitative estimate of drug-likeness (QED) is 0.349. The number of hydrogen-bond acceptors (Lipinski definition) is 5. The smallest absolute Gasteiger partial charge is 0.193 e. The van der Waals surface area contributed by atoms with Gasteiger partial charge in [0.25, 0.3) is 0 Å². The van der Waals surface area contributed by atoms with Gasteiger partial charge < -0.3 is 19.9 Å². The first-order valence-corrected chi connectivity index (χ1v) is 10.9. The minimum absolute atomic E-state index is 0. The summed E-state index contributed by atoms with van der Waals surface area (Å²) in [6.07, 6.45) is 1.83. The summed E-state index contributed by atoms with van der Waals surface area (Å²) in [6.45, 7) is 7.29. The molecule has 2 aromatic rings. The predicted octanol–water partition coefficient (Wildman–Crippen LogP) is 2.61. The van der Waals surface area contributed by atoms with Gasteiger partial charge in [0, 0.05) is 59.1 Å². The highest BCUT2D eigenvalue weighted by molar-refractivity contribution is 14.0. The number of halogens is 2. The first kappa shape index (κ1) is 24.7. The van der Waals surface area contributed by atoms with Crippen molar-refractivity contribution >= 4 is 35.8 Å². The van der Waals surface area contributed by atoms with Gasteiger partial charge in [0.1, 0.15) is 11.6 Å². The second-order valence-electron chi connectivity index (χ2n) is 7.81. The van der Waals surface area contributed by atoms with Gasteiger partial charge in [-0.25, -0.2) is 9.37 Å². The van der Waals surface area contributed by atoms with Crippen molar-refractivity contribution < 1.29 is 9.13 Å². The Morgan fingerprint density at radius 1 is 1.09 bits per heavy atom. The molecule has 2 fully saturated rings. The van der Waals surface area contributed by atoms with Crippen molar-refractivity contribution in [1.82, 2.24) is 20.1 Å². The van der Waals surface area contributed by atoms with Crippen LogP contribution >= 0.6 is 24.0 Å². The number of morpholine rings is 1. The van der Waals surface area contributed by atoms with Crippen LogP contribution < -0.4 is 10.2 Å². The predicted molar refractivity (Wildman–Crippen MR) is 136 cm³/mol. The molecule has 4 rings (SSSR count). The van der Waals surface area contributed by atoms with Crippen molar-refractivity contribution in [2.45, 2.75) is 6.04 Å². The second kappa shape index (κ2) is 12.3. The van der Waals surface area contributed by atoms with Crippen molar-refractivity contribution in [3.8, 4) is 0 Å². The van der Waals surface area contributed by atoms with Gasteiger partial charge in [-0.1, -0.05) is 18.2 Å². The zero-order valence-corrected chi connectivity index (χ0v) is 20.8. The molecule has 1 aromatic heterocycles. The molecular formula is C23H32FIN6O. The van der Waals surface area contributed by atoms with Gasteiger partial charge in [-0.05, 0) is 29.8 Å². The topological polar surface area (TPSA) is 56.2 Å². The molecular weight excluding hydrogens is 522 g/mol. The van der Waals surface area contributed by atoms with E-state index in [4.69, 9.17) is 4.74 Å².